The molecule has 0 spiro atoms. The third kappa shape index (κ3) is 2.11. The minimum Gasteiger partial charge on any atom is -0.271 e. The highest BCUT2D eigenvalue weighted by Crippen LogP contribution is 2.42. The second kappa shape index (κ2) is 5.31. The first kappa shape index (κ1) is 13.2. The number of nitrogens with two attached hydrogens (primary N) is 1. The summed E-state index contributed by atoms with van der Waals surface area (Å²) in [6, 6.07) is 11.3. The third-order valence-electron chi connectivity index (χ3n) is 4.07. The molecule has 0 saturated carbocycles. The maximum absolute atomic E-state index is 14.0. The largest absolute Gasteiger partial charge is 0.271 e. The smallest absolute Gasteiger partial charge is 0.130 e. The summed E-state index contributed by atoms with van der Waals surface area (Å²) in [5.74, 6) is 4.47. The predicted octanol–water partition coefficient (Wildman–Crippen LogP) is 3.20. The van der Waals surface area contributed by atoms with E-state index >= 15 is 0 Å². The van der Waals surface area contributed by atoms with Crippen molar-refractivity contribution < 1.29 is 8.78 Å². The van der Waals surface area contributed by atoms with Crippen LogP contribution in [0.15, 0.2) is 42.5 Å². The van der Waals surface area contributed by atoms with Crippen molar-refractivity contribution in [1.29, 1.82) is 0 Å². The molecule has 0 radical (unpaired) electrons. The quantitative estimate of drug-likeness (QED) is 0.666. The molecule has 2 aromatic rings. The Labute approximate surface area is 116 Å². The van der Waals surface area contributed by atoms with E-state index in [-0.39, 0.29) is 11.5 Å². The van der Waals surface area contributed by atoms with Crippen molar-refractivity contribution in [1.82, 2.24) is 5.43 Å². The minimum atomic E-state index is -0.558. The number of hydrazine groups is 1. The van der Waals surface area contributed by atoms with Crippen LogP contribution in [0.2, 0.25) is 0 Å². The van der Waals surface area contributed by atoms with Gasteiger partial charge in [-0.2, -0.15) is 0 Å². The Bertz CT molecular complexity index is 607. The van der Waals surface area contributed by atoms with E-state index in [2.05, 4.69) is 11.5 Å². The number of nitrogens with one attached hydrogen (secondary N) is 1. The van der Waals surface area contributed by atoms with Gasteiger partial charge in [0.15, 0.2) is 0 Å². The molecule has 20 heavy (non-hydrogen) atoms. The number of fused-ring (bicyclic) bond motifs is 1. The van der Waals surface area contributed by atoms with Gasteiger partial charge in [-0.1, -0.05) is 30.3 Å². The first-order valence-electron chi connectivity index (χ1n) is 6.70. The molecule has 104 valence electrons. The molecule has 0 heterocycles. The van der Waals surface area contributed by atoms with E-state index in [4.69, 9.17) is 5.84 Å². The molecule has 3 N–H and O–H groups in total. The number of aryl methyl sites for hydroxylation is 1. The molecule has 2 unspecified atom stereocenters. The highest BCUT2D eigenvalue weighted by atomic mass is 19.1. The van der Waals surface area contributed by atoms with E-state index < -0.39 is 17.7 Å². The van der Waals surface area contributed by atoms with Crippen LogP contribution < -0.4 is 11.3 Å². The van der Waals surface area contributed by atoms with Crippen molar-refractivity contribution in [3.8, 4) is 0 Å². The monoisotopic (exact) mass is 274 g/mol. The number of hydrogen-bond donors (Lipinski definition) is 2. The average Bonchev–Trinajstić information content (AvgIpc) is 2.87. The van der Waals surface area contributed by atoms with E-state index in [0.29, 0.717) is 0 Å². The third-order valence-corrected chi connectivity index (χ3v) is 4.07. The second-order valence-corrected chi connectivity index (χ2v) is 5.12. The Morgan fingerprint density at radius 3 is 2.45 bits per heavy atom. The van der Waals surface area contributed by atoms with Crippen LogP contribution in [0.25, 0.3) is 0 Å². The van der Waals surface area contributed by atoms with Gasteiger partial charge in [-0.15, -0.1) is 0 Å². The Balaban J connectivity index is 2.04. The molecule has 0 saturated heterocycles. The first-order valence-corrected chi connectivity index (χ1v) is 6.70. The summed E-state index contributed by atoms with van der Waals surface area (Å²) >= 11 is 0. The zero-order valence-corrected chi connectivity index (χ0v) is 10.9. The van der Waals surface area contributed by atoms with Crippen LogP contribution in [0.1, 0.15) is 35.1 Å². The lowest BCUT2D eigenvalue weighted by atomic mass is 9.88. The van der Waals surface area contributed by atoms with Gasteiger partial charge in [0.1, 0.15) is 11.6 Å². The maximum Gasteiger partial charge on any atom is 0.130 e. The lowest BCUT2D eigenvalue weighted by Crippen LogP contribution is -2.33. The van der Waals surface area contributed by atoms with Crippen molar-refractivity contribution in [2.75, 3.05) is 0 Å². The van der Waals surface area contributed by atoms with Crippen LogP contribution in [-0.2, 0) is 6.42 Å². The number of benzene rings is 2. The van der Waals surface area contributed by atoms with Crippen LogP contribution in [0.3, 0.4) is 0 Å². The van der Waals surface area contributed by atoms with Gasteiger partial charge in [-0.25, -0.2) is 8.78 Å². The molecular formula is C16H16F2N2. The number of halogens is 2. The summed E-state index contributed by atoms with van der Waals surface area (Å²) in [5, 5.41) is 0. The summed E-state index contributed by atoms with van der Waals surface area (Å²) in [4.78, 5) is 0. The fraction of sp³-hybridized carbons (Fsp3) is 0.250. The van der Waals surface area contributed by atoms with Crippen molar-refractivity contribution >= 4 is 0 Å². The molecular weight excluding hydrogens is 258 g/mol. The predicted molar refractivity (Wildman–Crippen MR) is 73.9 cm³/mol. The lowest BCUT2D eigenvalue weighted by molar-refractivity contribution is 0.412. The van der Waals surface area contributed by atoms with E-state index in [9.17, 15) is 8.78 Å². The molecule has 0 bridgehead atoms. The standard InChI is InChI=1S/C16H16F2N2/c17-13-6-3-7-14(18)15(13)16(20-19)12-9-8-10-4-1-2-5-11(10)12/h1-7,12,16,20H,8-9,19H2. The van der Waals surface area contributed by atoms with Crippen LogP contribution in [0.4, 0.5) is 8.78 Å². The van der Waals surface area contributed by atoms with E-state index in [1.807, 2.05) is 18.2 Å². The maximum atomic E-state index is 14.0. The fourth-order valence-corrected chi connectivity index (χ4v) is 3.14. The minimum absolute atomic E-state index is 0.0115. The fourth-order valence-electron chi connectivity index (χ4n) is 3.14. The number of hydrogen-bond acceptors (Lipinski definition) is 2. The normalized spacial score (nSPS) is 18.9. The van der Waals surface area contributed by atoms with Gasteiger partial charge in [0.25, 0.3) is 0 Å². The summed E-state index contributed by atoms with van der Waals surface area (Å²) in [5.41, 5.74) is 4.98. The van der Waals surface area contributed by atoms with Crippen LogP contribution >= 0.6 is 0 Å². The van der Waals surface area contributed by atoms with Crippen molar-refractivity contribution in [2.45, 2.75) is 24.8 Å². The van der Waals surface area contributed by atoms with Crippen LogP contribution in [0.5, 0.6) is 0 Å². The second-order valence-electron chi connectivity index (χ2n) is 5.12. The zero-order valence-electron chi connectivity index (χ0n) is 10.9. The zero-order chi connectivity index (χ0) is 14.1. The van der Waals surface area contributed by atoms with Crippen molar-refractivity contribution in [3.05, 3.63) is 70.8 Å². The lowest BCUT2D eigenvalue weighted by Gasteiger charge is -2.25. The molecule has 1 aliphatic carbocycles. The van der Waals surface area contributed by atoms with Gasteiger partial charge in [0, 0.05) is 11.5 Å². The highest BCUT2D eigenvalue weighted by molar-refractivity contribution is 5.38. The Morgan fingerprint density at radius 1 is 1.05 bits per heavy atom. The molecule has 2 nitrogen and oxygen atoms in total. The Kier molecular flexibility index (Phi) is 3.51. The molecule has 2 aromatic carbocycles. The van der Waals surface area contributed by atoms with E-state index in [1.165, 1.54) is 23.8 Å². The van der Waals surface area contributed by atoms with Crippen LogP contribution in [-0.4, -0.2) is 0 Å². The molecule has 4 heteroatoms. The summed E-state index contributed by atoms with van der Waals surface area (Å²) < 4.78 is 28.0. The Morgan fingerprint density at radius 2 is 1.75 bits per heavy atom. The molecule has 0 fully saturated rings. The number of rotatable bonds is 3. The van der Waals surface area contributed by atoms with Crippen molar-refractivity contribution in [2.24, 2.45) is 5.84 Å². The van der Waals surface area contributed by atoms with E-state index in [1.54, 1.807) is 0 Å². The molecule has 1 aliphatic rings. The van der Waals surface area contributed by atoms with Gasteiger partial charge < -0.3 is 0 Å². The topological polar surface area (TPSA) is 38.0 Å². The van der Waals surface area contributed by atoms with E-state index in [0.717, 1.165) is 18.4 Å². The molecule has 0 aliphatic heterocycles. The first-order chi connectivity index (χ1) is 9.72. The summed E-state index contributed by atoms with van der Waals surface area (Å²) in [6.45, 7) is 0. The molecule has 2 atom stereocenters. The highest BCUT2D eigenvalue weighted by Gasteiger charge is 2.33. The molecule has 0 amide bonds. The summed E-state index contributed by atoms with van der Waals surface area (Å²) in [6.07, 6.45) is 1.75. The van der Waals surface area contributed by atoms with Gasteiger partial charge in [0.2, 0.25) is 0 Å². The SMILES string of the molecule is NNC(c1c(F)cccc1F)C1CCc2ccccc21. The van der Waals surface area contributed by atoms with Gasteiger partial charge in [-0.05, 0) is 36.1 Å². The van der Waals surface area contributed by atoms with Gasteiger partial charge >= 0.3 is 0 Å². The summed E-state index contributed by atoms with van der Waals surface area (Å²) in [7, 11) is 0. The van der Waals surface area contributed by atoms with Gasteiger partial charge in [0.05, 0.1) is 6.04 Å². The Hall–Kier alpha value is -1.78. The van der Waals surface area contributed by atoms with Gasteiger partial charge in [-0.3, -0.25) is 11.3 Å². The molecule has 3 rings (SSSR count). The van der Waals surface area contributed by atoms with Crippen LogP contribution in [0, 0.1) is 11.6 Å². The van der Waals surface area contributed by atoms with Crippen molar-refractivity contribution in [3.63, 3.8) is 0 Å². The average molecular weight is 274 g/mol. The molecule has 0 aromatic heterocycles.